The van der Waals surface area contributed by atoms with Crippen molar-refractivity contribution in [3.05, 3.63) is 0 Å². The van der Waals surface area contributed by atoms with E-state index in [1.807, 2.05) is 0 Å². The summed E-state index contributed by atoms with van der Waals surface area (Å²) in [5.41, 5.74) is 0.523. The number of fused-ring (bicyclic) bond motifs is 2. The molecular weight excluding hydrogens is 368 g/mol. The molecule has 0 radical (unpaired) electrons. The average Bonchev–Trinajstić information content (AvgIpc) is 3.04. The number of unbranched alkanes of at least 4 members (excludes halogenated alkanes) is 14. The molecule has 2 saturated carbocycles. The summed E-state index contributed by atoms with van der Waals surface area (Å²) >= 11 is 0. The van der Waals surface area contributed by atoms with E-state index >= 15 is 0 Å². The number of carbonyl (C=O) groups excluding carboxylic acids is 1. The Morgan fingerprint density at radius 3 is 1.63 bits per heavy atom. The topological polar surface area (TPSA) is 26.3 Å². The van der Waals surface area contributed by atoms with Gasteiger partial charge in [-0.2, -0.15) is 0 Å². The largest absolute Gasteiger partial charge is 0.462 e. The van der Waals surface area contributed by atoms with Gasteiger partial charge >= 0.3 is 5.97 Å². The molecule has 0 aromatic rings. The van der Waals surface area contributed by atoms with E-state index in [1.54, 1.807) is 0 Å². The van der Waals surface area contributed by atoms with Gasteiger partial charge in [0.25, 0.3) is 0 Å². The summed E-state index contributed by atoms with van der Waals surface area (Å²) in [6.45, 7) is 9.40. The summed E-state index contributed by atoms with van der Waals surface area (Å²) in [6.07, 6.45) is 24.8. The van der Waals surface area contributed by atoms with Crippen LogP contribution in [0.3, 0.4) is 0 Å². The molecule has 176 valence electrons. The Morgan fingerprint density at radius 1 is 0.767 bits per heavy atom. The third kappa shape index (κ3) is 7.27. The lowest BCUT2D eigenvalue weighted by Crippen LogP contribution is -2.38. The van der Waals surface area contributed by atoms with Gasteiger partial charge in [-0.3, -0.25) is 4.79 Å². The van der Waals surface area contributed by atoms with E-state index in [-0.39, 0.29) is 17.5 Å². The van der Waals surface area contributed by atoms with Gasteiger partial charge in [0.2, 0.25) is 0 Å². The van der Waals surface area contributed by atoms with E-state index in [1.165, 1.54) is 103 Å². The molecule has 0 aliphatic heterocycles. The smallest absolute Gasteiger partial charge is 0.306 e. The van der Waals surface area contributed by atoms with Gasteiger partial charge in [0.05, 0.1) is 0 Å². The lowest BCUT2D eigenvalue weighted by atomic mass is 9.70. The van der Waals surface area contributed by atoms with Crippen molar-refractivity contribution in [3.8, 4) is 0 Å². The van der Waals surface area contributed by atoms with Crippen LogP contribution in [0.15, 0.2) is 0 Å². The van der Waals surface area contributed by atoms with Crippen LogP contribution in [0.5, 0.6) is 0 Å². The third-order valence-electron chi connectivity index (χ3n) is 8.97. The molecule has 2 bridgehead atoms. The van der Waals surface area contributed by atoms with Gasteiger partial charge in [-0.25, -0.2) is 0 Å². The zero-order valence-corrected chi connectivity index (χ0v) is 20.9. The Morgan fingerprint density at radius 2 is 1.23 bits per heavy atom. The zero-order valence-electron chi connectivity index (χ0n) is 20.9. The standard InChI is InChI=1S/C28H52O2/c1-5-6-7-8-9-10-11-12-13-14-15-16-17-18-19-20-26(29)30-25-23-24-21-22-28(25,4)27(24,2)3/h24-25H,5-23H2,1-4H3. The van der Waals surface area contributed by atoms with Crippen LogP contribution in [0.2, 0.25) is 0 Å². The summed E-state index contributed by atoms with van der Waals surface area (Å²) in [4.78, 5) is 12.3. The van der Waals surface area contributed by atoms with Crippen molar-refractivity contribution in [3.63, 3.8) is 0 Å². The first-order valence-corrected chi connectivity index (χ1v) is 13.6. The number of hydrogen-bond acceptors (Lipinski definition) is 2. The first kappa shape index (κ1) is 25.7. The molecule has 2 fully saturated rings. The van der Waals surface area contributed by atoms with Crippen molar-refractivity contribution in [1.82, 2.24) is 0 Å². The van der Waals surface area contributed by atoms with Crippen LogP contribution >= 0.6 is 0 Å². The lowest BCUT2D eigenvalue weighted by molar-refractivity contribution is -0.157. The number of ether oxygens (including phenoxy) is 1. The molecule has 0 N–H and O–H groups in total. The van der Waals surface area contributed by atoms with Crippen LogP contribution in [-0.2, 0) is 9.53 Å². The Kier molecular flexibility index (Phi) is 11.2. The Hall–Kier alpha value is -0.530. The molecule has 0 spiro atoms. The van der Waals surface area contributed by atoms with Crippen LogP contribution in [-0.4, -0.2) is 12.1 Å². The van der Waals surface area contributed by atoms with E-state index in [2.05, 4.69) is 27.7 Å². The number of esters is 1. The van der Waals surface area contributed by atoms with Crippen LogP contribution in [0.25, 0.3) is 0 Å². The minimum absolute atomic E-state index is 0.0549. The second-order valence-electron chi connectivity index (χ2n) is 11.3. The quantitative estimate of drug-likeness (QED) is 0.173. The first-order chi connectivity index (χ1) is 14.4. The van der Waals surface area contributed by atoms with Gasteiger partial charge in [0.1, 0.15) is 6.10 Å². The summed E-state index contributed by atoms with van der Waals surface area (Å²) < 4.78 is 5.96. The molecule has 3 unspecified atom stereocenters. The predicted octanol–water partition coefficient (Wildman–Crippen LogP) is 9.01. The van der Waals surface area contributed by atoms with E-state index in [9.17, 15) is 4.79 Å². The minimum Gasteiger partial charge on any atom is -0.462 e. The first-order valence-electron chi connectivity index (χ1n) is 13.6. The molecule has 0 heterocycles. The highest BCUT2D eigenvalue weighted by atomic mass is 16.5. The van der Waals surface area contributed by atoms with Crippen molar-refractivity contribution in [2.24, 2.45) is 16.7 Å². The maximum absolute atomic E-state index is 12.3. The number of rotatable bonds is 17. The van der Waals surface area contributed by atoms with Crippen LogP contribution in [0.1, 0.15) is 150 Å². The molecule has 3 atom stereocenters. The van der Waals surface area contributed by atoms with E-state index in [4.69, 9.17) is 4.74 Å². The fourth-order valence-corrected chi connectivity index (χ4v) is 6.17. The maximum atomic E-state index is 12.3. The minimum atomic E-state index is 0.0549. The van der Waals surface area contributed by atoms with Gasteiger partial charge < -0.3 is 4.74 Å². The number of carbonyl (C=O) groups is 1. The van der Waals surface area contributed by atoms with E-state index in [0.29, 0.717) is 11.8 Å². The molecular formula is C28H52O2. The van der Waals surface area contributed by atoms with Gasteiger partial charge in [-0.05, 0) is 37.0 Å². The van der Waals surface area contributed by atoms with Crippen molar-refractivity contribution in [1.29, 1.82) is 0 Å². The fraction of sp³-hybridized carbons (Fsp3) is 0.964. The van der Waals surface area contributed by atoms with Crippen LogP contribution in [0.4, 0.5) is 0 Å². The average molecular weight is 421 g/mol. The molecule has 2 aliphatic carbocycles. The Labute approximate surface area is 188 Å². The van der Waals surface area contributed by atoms with Crippen molar-refractivity contribution >= 4 is 5.97 Å². The molecule has 2 rings (SSSR count). The van der Waals surface area contributed by atoms with E-state index < -0.39 is 0 Å². The summed E-state index contributed by atoms with van der Waals surface area (Å²) in [5, 5.41) is 0. The summed E-state index contributed by atoms with van der Waals surface area (Å²) in [6, 6.07) is 0. The van der Waals surface area contributed by atoms with Crippen molar-refractivity contribution < 1.29 is 9.53 Å². The SMILES string of the molecule is CCCCCCCCCCCCCCCCCC(=O)OC1CC2CCC1(C)C2(C)C. The second-order valence-corrected chi connectivity index (χ2v) is 11.3. The fourth-order valence-electron chi connectivity index (χ4n) is 6.17. The molecule has 0 amide bonds. The summed E-state index contributed by atoms with van der Waals surface area (Å²) in [5.74, 6) is 0.797. The normalized spacial score (nSPS) is 26.9. The van der Waals surface area contributed by atoms with Gasteiger partial charge in [-0.1, -0.05) is 118 Å². The molecule has 0 aromatic carbocycles. The monoisotopic (exact) mass is 420 g/mol. The lowest BCUT2D eigenvalue weighted by Gasteiger charge is -2.38. The highest BCUT2D eigenvalue weighted by Gasteiger charge is 2.62. The highest BCUT2D eigenvalue weighted by Crippen LogP contribution is 2.66. The van der Waals surface area contributed by atoms with Crippen LogP contribution < -0.4 is 0 Å². The maximum Gasteiger partial charge on any atom is 0.306 e. The molecule has 2 aliphatic rings. The van der Waals surface area contributed by atoms with Crippen molar-refractivity contribution in [2.75, 3.05) is 0 Å². The zero-order chi connectivity index (χ0) is 21.9. The molecule has 2 nitrogen and oxygen atoms in total. The van der Waals surface area contributed by atoms with E-state index in [0.717, 1.165) is 18.8 Å². The van der Waals surface area contributed by atoms with Crippen LogP contribution in [0, 0.1) is 16.7 Å². The Bertz CT molecular complexity index is 483. The molecule has 2 heteroatoms. The van der Waals surface area contributed by atoms with Gasteiger partial charge in [0.15, 0.2) is 0 Å². The number of hydrogen-bond donors (Lipinski definition) is 0. The molecule has 0 aromatic heterocycles. The Balaban J connectivity index is 1.37. The highest BCUT2D eigenvalue weighted by molar-refractivity contribution is 5.69. The second kappa shape index (κ2) is 13.1. The predicted molar refractivity (Wildman–Crippen MR) is 129 cm³/mol. The van der Waals surface area contributed by atoms with Gasteiger partial charge in [-0.15, -0.1) is 0 Å². The third-order valence-corrected chi connectivity index (χ3v) is 8.97. The van der Waals surface area contributed by atoms with Crippen molar-refractivity contribution in [2.45, 2.75) is 156 Å². The molecule has 0 saturated heterocycles. The molecule has 30 heavy (non-hydrogen) atoms. The van der Waals surface area contributed by atoms with Gasteiger partial charge in [0, 0.05) is 11.8 Å². The summed E-state index contributed by atoms with van der Waals surface area (Å²) in [7, 11) is 0.